The van der Waals surface area contributed by atoms with E-state index in [2.05, 4.69) is 22.2 Å². The molecule has 2 aromatic heterocycles. The van der Waals surface area contributed by atoms with Crippen LogP contribution in [0.1, 0.15) is 17.8 Å². The minimum absolute atomic E-state index is 0.250. The summed E-state index contributed by atoms with van der Waals surface area (Å²) in [6, 6.07) is 4.68. The van der Waals surface area contributed by atoms with Gasteiger partial charge in [0.15, 0.2) is 5.13 Å². The van der Waals surface area contributed by atoms with E-state index < -0.39 is 0 Å². The maximum absolute atomic E-state index is 13.1. The number of rotatable bonds is 4. The van der Waals surface area contributed by atoms with Gasteiger partial charge in [-0.25, -0.2) is 14.4 Å². The van der Waals surface area contributed by atoms with Crippen LogP contribution in [0, 0.1) is 5.82 Å². The van der Waals surface area contributed by atoms with Crippen LogP contribution in [-0.2, 0) is 0 Å². The lowest BCUT2D eigenvalue weighted by Crippen LogP contribution is -2.09. The summed E-state index contributed by atoms with van der Waals surface area (Å²) in [6.07, 6.45) is 1.82. The van der Waals surface area contributed by atoms with Gasteiger partial charge < -0.3 is 5.32 Å². The number of halogens is 1. The van der Waals surface area contributed by atoms with Crippen molar-refractivity contribution in [2.24, 2.45) is 0 Å². The molecule has 6 heteroatoms. The number of benzene rings is 1. The van der Waals surface area contributed by atoms with Crippen LogP contribution < -0.4 is 5.32 Å². The zero-order valence-electron chi connectivity index (χ0n) is 10.3. The van der Waals surface area contributed by atoms with Crippen LogP contribution >= 0.6 is 22.7 Å². The monoisotopic (exact) mass is 293 g/mol. The van der Waals surface area contributed by atoms with Crippen molar-refractivity contribution >= 4 is 38.0 Å². The van der Waals surface area contributed by atoms with E-state index in [-0.39, 0.29) is 5.82 Å². The number of hydrogen-bond acceptors (Lipinski definition) is 5. The highest BCUT2D eigenvalue weighted by molar-refractivity contribution is 7.22. The lowest BCUT2D eigenvalue weighted by molar-refractivity contribution is 0.629. The predicted octanol–water partition coefficient (Wildman–Crippen LogP) is 4.11. The number of hydrogen-bond donors (Lipinski definition) is 1. The Morgan fingerprint density at radius 2 is 2.32 bits per heavy atom. The van der Waals surface area contributed by atoms with Gasteiger partial charge in [-0.1, -0.05) is 18.3 Å². The second kappa shape index (κ2) is 5.22. The van der Waals surface area contributed by atoms with Gasteiger partial charge in [-0.15, -0.1) is 11.3 Å². The minimum atomic E-state index is -0.250. The van der Waals surface area contributed by atoms with Crippen LogP contribution in [0.3, 0.4) is 0 Å². The predicted molar refractivity (Wildman–Crippen MR) is 78.6 cm³/mol. The van der Waals surface area contributed by atoms with Crippen molar-refractivity contribution < 1.29 is 4.39 Å². The first-order chi connectivity index (χ1) is 9.22. The van der Waals surface area contributed by atoms with Gasteiger partial charge >= 0.3 is 0 Å². The Kier molecular flexibility index (Phi) is 3.44. The molecule has 0 bridgehead atoms. The third-order valence-electron chi connectivity index (χ3n) is 2.78. The summed E-state index contributed by atoms with van der Waals surface area (Å²) in [4.78, 5) is 8.67. The molecule has 1 N–H and O–H groups in total. The topological polar surface area (TPSA) is 37.8 Å². The Morgan fingerprint density at radius 1 is 1.42 bits per heavy atom. The molecule has 0 spiro atoms. The molecule has 0 radical (unpaired) electrons. The molecule has 3 nitrogen and oxygen atoms in total. The molecule has 98 valence electrons. The summed E-state index contributed by atoms with van der Waals surface area (Å²) < 4.78 is 14.1. The Labute approximate surface area is 118 Å². The van der Waals surface area contributed by atoms with Gasteiger partial charge in [0.2, 0.25) is 0 Å². The van der Waals surface area contributed by atoms with Crippen molar-refractivity contribution in [1.29, 1.82) is 0 Å². The highest BCUT2D eigenvalue weighted by atomic mass is 32.1. The van der Waals surface area contributed by atoms with Crippen LogP contribution in [0.2, 0.25) is 0 Å². The summed E-state index contributed by atoms with van der Waals surface area (Å²) in [5, 5.41) is 7.21. The molecule has 0 aliphatic carbocycles. The molecule has 0 amide bonds. The van der Waals surface area contributed by atoms with Crippen LogP contribution in [-0.4, -0.2) is 16.5 Å². The third kappa shape index (κ3) is 2.74. The summed E-state index contributed by atoms with van der Waals surface area (Å²) in [5.41, 5.74) is 0.703. The third-order valence-corrected chi connectivity index (χ3v) is 4.78. The first-order valence-electron chi connectivity index (χ1n) is 5.92. The molecule has 0 saturated heterocycles. The Morgan fingerprint density at radius 3 is 3.11 bits per heavy atom. The van der Waals surface area contributed by atoms with Gasteiger partial charge in [0, 0.05) is 30.1 Å². The number of fused-ring (bicyclic) bond motifs is 1. The fraction of sp³-hybridized carbons (Fsp3) is 0.231. The van der Waals surface area contributed by atoms with Gasteiger partial charge in [-0.05, 0) is 12.1 Å². The van der Waals surface area contributed by atoms with Crippen molar-refractivity contribution in [1.82, 2.24) is 9.97 Å². The summed E-state index contributed by atoms with van der Waals surface area (Å²) >= 11 is 3.19. The maximum atomic E-state index is 13.1. The average molecular weight is 293 g/mol. The van der Waals surface area contributed by atoms with Crippen molar-refractivity contribution in [2.45, 2.75) is 12.8 Å². The Bertz CT molecular complexity index is 678. The van der Waals surface area contributed by atoms with E-state index in [0.717, 1.165) is 21.4 Å². The zero-order chi connectivity index (χ0) is 13.2. The average Bonchev–Trinajstić information content (AvgIpc) is 3.04. The van der Waals surface area contributed by atoms with Gasteiger partial charge in [0.05, 0.1) is 15.2 Å². The standard InChI is InChI=1S/C13H12FN3S2/c1-8(12-15-4-5-18-12)7-16-13-17-10-6-9(14)2-3-11(10)19-13/h2-6,8H,7H2,1H3,(H,16,17). The molecule has 3 aromatic rings. The number of aromatic nitrogens is 2. The molecule has 0 fully saturated rings. The van der Waals surface area contributed by atoms with Crippen molar-refractivity contribution in [3.8, 4) is 0 Å². The van der Waals surface area contributed by atoms with Crippen molar-refractivity contribution in [3.63, 3.8) is 0 Å². The fourth-order valence-electron chi connectivity index (χ4n) is 1.78. The molecule has 0 aliphatic heterocycles. The molecule has 1 unspecified atom stereocenters. The molecular weight excluding hydrogens is 281 g/mol. The normalized spacial score (nSPS) is 12.7. The fourth-order valence-corrected chi connectivity index (χ4v) is 3.33. The van der Waals surface area contributed by atoms with E-state index in [9.17, 15) is 4.39 Å². The molecule has 3 rings (SSSR count). The van der Waals surface area contributed by atoms with Crippen LogP contribution in [0.5, 0.6) is 0 Å². The van der Waals surface area contributed by atoms with Crippen molar-refractivity contribution in [2.75, 3.05) is 11.9 Å². The number of anilines is 1. The summed E-state index contributed by atoms with van der Waals surface area (Å²) in [6.45, 7) is 2.90. The van der Waals surface area contributed by atoms with Gasteiger partial charge in [-0.2, -0.15) is 0 Å². The number of thiazole rings is 2. The zero-order valence-corrected chi connectivity index (χ0v) is 11.9. The molecule has 0 aliphatic rings. The largest absolute Gasteiger partial charge is 0.361 e. The molecule has 2 heterocycles. The Hall–Kier alpha value is -1.53. The van der Waals surface area contributed by atoms with E-state index in [4.69, 9.17) is 0 Å². The van der Waals surface area contributed by atoms with E-state index in [1.165, 1.54) is 23.5 Å². The highest BCUT2D eigenvalue weighted by Crippen LogP contribution is 2.27. The van der Waals surface area contributed by atoms with E-state index >= 15 is 0 Å². The second-order valence-corrected chi connectivity index (χ2v) is 6.24. The van der Waals surface area contributed by atoms with Gasteiger partial charge in [-0.3, -0.25) is 0 Å². The first kappa shape index (κ1) is 12.5. The highest BCUT2D eigenvalue weighted by Gasteiger charge is 2.10. The maximum Gasteiger partial charge on any atom is 0.183 e. The molecule has 19 heavy (non-hydrogen) atoms. The second-order valence-electron chi connectivity index (χ2n) is 4.28. The smallest absolute Gasteiger partial charge is 0.183 e. The first-order valence-corrected chi connectivity index (χ1v) is 7.61. The van der Waals surface area contributed by atoms with Gasteiger partial charge in [0.1, 0.15) is 5.82 Å². The van der Waals surface area contributed by atoms with E-state index in [1.807, 2.05) is 11.6 Å². The molecular formula is C13H12FN3S2. The van der Waals surface area contributed by atoms with E-state index in [0.29, 0.717) is 11.4 Å². The molecule has 1 atom stereocenters. The lowest BCUT2D eigenvalue weighted by atomic mass is 10.2. The number of nitrogens with zero attached hydrogens (tertiary/aromatic N) is 2. The SMILES string of the molecule is CC(CNc1nc2cc(F)ccc2s1)c1nccs1. The number of nitrogens with one attached hydrogen (secondary N) is 1. The van der Waals surface area contributed by atoms with Crippen LogP contribution in [0.4, 0.5) is 9.52 Å². The minimum Gasteiger partial charge on any atom is -0.361 e. The summed E-state index contributed by atoms with van der Waals surface area (Å²) in [7, 11) is 0. The van der Waals surface area contributed by atoms with E-state index in [1.54, 1.807) is 17.4 Å². The van der Waals surface area contributed by atoms with Gasteiger partial charge in [0.25, 0.3) is 0 Å². The van der Waals surface area contributed by atoms with Crippen LogP contribution in [0.25, 0.3) is 10.2 Å². The Balaban J connectivity index is 1.71. The van der Waals surface area contributed by atoms with Crippen LogP contribution in [0.15, 0.2) is 29.8 Å². The molecule has 0 saturated carbocycles. The van der Waals surface area contributed by atoms with Crippen molar-refractivity contribution in [3.05, 3.63) is 40.6 Å². The molecule has 1 aromatic carbocycles. The summed E-state index contributed by atoms with van der Waals surface area (Å²) in [5.74, 6) is 0.0873. The quantitative estimate of drug-likeness (QED) is 0.786. The lowest BCUT2D eigenvalue weighted by Gasteiger charge is -2.08.